The van der Waals surface area contributed by atoms with Crippen molar-refractivity contribution < 1.29 is 0 Å². The minimum absolute atomic E-state index is 0.628. The van der Waals surface area contributed by atoms with E-state index in [1.165, 1.54) is 0 Å². The first-order valence-corrected chi connectivity index (χ1v) is 14.0. The quantitative estimate of drug-likeness (QED) is 0.131. The Morgan fingerprint density at radius 2 is 0.553 bits per heavy atom. The fraction of sp³-hybridized carbons (Fsp3) is 0.0625. The van der Waals surface area contributed by atoms with Crippen molar-refractivity contribution in [2.45, 2.75) is 9.75 Å². The monoisotopic (exact) mass is 614 g/mol. The highest BCUT2D eigenvalue weighted by Gasteiger charge is 2.38. The maximum Gasteiger partial charge on any atom is 0.119 e. The van der Waals surface area contributed by atoms with E-state index < -0.39 is 9.75 Å². The van der Waals surface area contributed by atoms with E-state index in [9.17, 15) is 0 Å². The third-order valence-corrected chi connectivity index (χ3v) is 8.94. The van der Waals surface area contributed by atoms with Gasteiger partial charge < -0.3 is 0 Å². The lowest BCUT2D eigenvalue weighted by Gasteiger charge is -2.33. The van der Waals surface area contributed by atoms with Gasteiger partial charge in [-0.15, -0.1) is 23.2 Å². The fourth-order valence-electron chi connectivity index (χ4n) is 4.67. The maximum absolute atomic E-state index is 7.61. The summed E-state index contributed by atoms with van der Waals surface area (Å²) in [7, 11) is 0. The Morgan fingerprint density at radius 3 is 0.789 bits per heavy atom. The lowest BCUT2D eigenvalue weighted by Crippen LogP contribution is -2.26. The molecule has 5 rings (SSSR count). The Bertz CT molecular complexity index is 1330. The molecule has 0 aliphatic heterocycles. The van der Waals surface area contributed by atoms with Crippen molar-refractivity contribution in [1.29, 1.82) is 0 Å². The molecule has 38 heavy (non-hydrogen) atoms. The van der Waals surface area contributed by atoms with Crippen LogP contribution in [0.2, 0.25) is 20.1 Å². The summed E-state index contributed by atoms with van der Waals surface area (Å²) in [5, 5.41) is 2.51. The van der Waals surface area contributed by atoms with Gasteiger partial charge in [-0.1, -0.05) is 119 Å². The van der Waals surface area contributed by atoms with Crippen LogP contribution in [0.15, 0.2) is 121 Å². The zero-order valence-corrected chi connectivity index (χ0v) is 24.4. The van der Waals surface area contributed by atoms with Crippen molar-refractivity contribution in [1.82, 2.24) is 0 Å². The van der Waals surface area contributed by atoms with E-state index in [0.29, 0.717) is 20.1 Å². The van der Waals surface area contributed by atoms with Crippen molar-refractivity contribution >= 4 is 69.6 Å². The average molecular weight is 617 g/mol. The number of benzene rings is 5. The summed E-state index contributed by atoms with van der Waals surface area (Å²) in [6.45, 7) is 0. The standard InChI is InChI=1S/C32H20Cl6/c33-27-12-4-21(5-13-27)31(37,22-6-14-28(34)15-7-22)25-2-1-3-26(20-25)32(38,23-8-16-29(35)17-9-23)24-10-18-30(36)19-11-24/h1-20H. The molecule has 0 fully saturated rings. The van der Waals surface area contributed by atoms with Gasteiger partial charge in [0.2, 0.25) is 0 Å². The topological polar surface area (TPSA) is 0 Å². The molecule has 0 aliphatic rings. The minimum atomic E-state index is -1.04. The minimum Gasteiger partial charge on any atom is -0.104 e. The van der Waals surface area contributed by atoms with Gasteiger partial charge in [-0.2, -0.15) is 0 Å². The second kappa shape index (κ2) is 11.1. The van der Waals surface area contributed by atoms with E-state index in [1.54, 1.807) is 0 Å². The summed E-state index contributed by atoms with van der Waals surface area (Å²) in [6, 6.07) is 38.2. The first kappa shape index (κ1) is 27.4. The molecule has 0 saturated heterocycles. The Kier molecular flexibility index (Phi) is 8.04. The van der Waals surface area contributed by atoms with Gasteiger partial charge in [0, 0.05) is 20.1 Å². The molecule has 0 amide bonds. The largest absolute Gasteiger partial charge is 0.119 e. The van der Waals surface area contributed by atoms with Crippen LogP contribution in [0.4, 0.5) is 0 Å². The van der Waals surface area contributed by atoms with E-state index >= 15 is 0 Å². The van der Waals surface area contributed by atoms with Gasteiger partial charge in [0.1, 0.15) is 9.75 Å². The lowest BCUT2D eigenvalue weighted by atomic mass is 9.79. The van der Waals surface area contributed by atoms with Crippen molar-refractivity contribution in [3.63, 3.8) is 0 Å². The highest BCUT2D eigenvalue weighted by Crippen LogP contribution is 2.48. The maximum atomic E-state index is 7.61. The SMILES string of the molecule is Clc1ccc(C(Cl)(c2ccc(Cl)cc2)c2cccc(C(Cl)(c3ccc(Cl)cc3)c3ccc(Cl)cc3)c2)cc1. The molecule has 5 aromatic carbocycles. The van der Waals surface area contributed by atoms with Crippen molar-refractivity contribution in [2.24, 2.45) is 0 Å². The molecule has 0 radical (unpaired) electrons. The Balaban J connectivity index is 1.75. The molecule has 0 unspecified atom stereocenters. The van der Waals surface area contributed by atoms with Gasteiger partial charge in [-0.3, -0.25) is 0 Å². The average Bonchev–Trinajstić information content (AvgIpc) is 2.94. The van der Waals surface area contributed by atoms with Gasteiger partial charge in [0.15, 0.2) is 0 Å². The van der Waals surface area contributed by atoms with Gasteiger partial charge in [-0.05, 0) is 81.9 Å². The number of hydrogen-bond acceptors (Lipinski definition) is 0. The number of alkyl halides is 2. The molecule has 6 heteroatoms. The Morgan fingerprint density at radius 1 is 0.316 bits per heavy atom. The van der Waals surface area contributed by atoms with Crippen molar-refractivity contribution in [3.05, 3.63) is 175 Å². The molecule has 0 nitrogen and oxygen atoms in total. The molecule has 5 aromatic rings. The zero-order chi connectivity index (χ0) is 26.9. The molecule has 0 aliphatic carbocycles. The zero-order valence-electron chi connectivity index (χ0n) is 19.8. The molecule has 0 saturated carbocycles. The van der Waals surface area contributed by atoms with Crippen LogP contribution in [0.1, 0.15) is 33.4 Å². The normalized spacial score (nSPS) is 11.9. The third-order valence-electron chi connectivity index (χ3n) is 6.63. The molecule has 0 spiro atoms. The summed E-state index contributed by atoms with van der Waals surface area (Å²) < 4.78 is 0. The summed E-state index contributed by atoms with van der Waals surface area (Å²) in [6.07, 6.45) is 0. The van der Waals surface area contributed by atoms with Crippen LogP contribution in [0.3, 0.4) is 0 Å². The van der Waals surface area contributed by atoms with Gasteiger partial charge >= 0.3 is 0 Å². The molecular formula is C32H20Cl6. The van der Waals surface area contributed by atoms with Crippen LogP contribution in [0, 0.1) is 0 Å². The molecule has 0 N–H and O–H groups in total. The first-order valence-electron chi connectivity index (χ1n) is 11.7. The molecule has 0 bridgehead atoms. The van der Waals surface area contributed by atoms with E-state index in [-0.39, 0.29) is 0 Å². The van der Waals surface area contributed by atoms with E-state index in [1.807, 2.05) is 121 Å². The molecule has 0 heterocycles. The molecule has 0 aromatic heterocycles. The van der Waals surface area contributed by atoms with Crippen LogP contribution in [-0.2, 0) is 9.75 Å². The van der Waals surface area contributed by atoms with Gasteiger partial charge in [0.05, 0.1) is 0 Å². The summed E-state index contributed by atoms with van der Waals surface area (Å²) in [5.41, 5.74) is 5.13. The van der Waals surface area contributed by atoms with Crippen LogP contribution in [-0.4, -0.2) is 0 Å². The second-order valence-corrected chi connectivity index (χ2v) is 11.8. The predicted octanol–water partition coefficient (Wildman–Crippen LogP) is 11.4. The molecule has 0 atom stereocenters. The predicted molar refractivity (Wildman–Crippen MR) is 164 cm³/mol. The van der Waals surface area contributed by atoms with Gasteiger partial charge in [0.25, 0.3) is 0 Å². The number of halogens is 6. The Labute approximate surface area is 252 Å². The number of hydrogen-bond donors (Lipinski definition) is 0. The number of rotatable bonds is 6. The van der Waals surface area contributed by atoms with Crippen LogP contribution in [0.25, 0.3) is 0 Å². The van der Waals surface area contributed by atoms with E-state index in [2.05, 4.69) is 0 Å². The molecule has 190 valence electrons. The van der Waals surface area contributed by atoms with Crippen LogP contribution in [0.5, 0.6) is 0 Å². The van der Waals surface area contributed by atoms with Gasteiger partial charge in [-0.25, -0.2) is 0 Å². The highest BCUT2D eigenvalue weighted by atomic mass is 35.5. The van der Waals surface area contributed by atoms with E-state index in [0.717, 1.165) is 33.4 Å². The highest BCUT2D eigenvalue weighted by molar-refractivity contribution is 6.32. The third kappa shape index (κ3) is 5.19. The van der Waals surface area contributed by atoms with Crippen LogP contribution < -0.4 is 0 Å². The fourth-order valence-corrected chi connectivity index (χ4v) is 5.91. The Hall–Kier alpha value is -2.16. The summed E-state index contributed by atoms with van der Waals surface area (Å²) in [5.74, 6) is 0. The summed E-state index contributed by atoms with van der Waals surface area (Å²) in [4.78, 5) is -2.08. The second-order valence-electron chi connectivity index (χ2n) is 8.93. The van der Waals surface area contributed by atoms with Crippen LogP contribution >= 0.6 is 69.6 Å². The molecular weight excluding hydrogens is 597 g/mol. The first-order chi connectivity index (χ1) is 18.2. The van der Waals surface area contributed by atoms with E-state index in [4.69, 9.17) is 69.6 Å². The summed E-state index contributed by atoms with van der Waals surface area (Å²) >= 11 is 40.1. The smallest absolute Gasteiger partial charge is 0.104 e. The lowest BCUT2D eigenvalue weighted by molar-refractivity contribution is 0.845. The van der Waals surface area contributed by atoms with Crippen molar-refractivity contribution in [3.8, 4) is 0 Å². The van der Waals surface area contributed by atoms with Crippen molar-refractivity contribution in [2.75, 3.05) is 0 Å².